The van der Waals surface area contributed by atoms with Crippen LogP contribution >= 0.6 is 0 Å². The van der Waals surface area contributed by atoms with Gasteiger partial charge in [-0.1, -0.05) is 6.07 Å². The molecule has 6 rings (SSSR count). The second kappa shape index (κ2) is 9.73. The van der Waals surface area contributed by atoms with E-state index in [1.165, 1.54) is 23.8 Å². The molecule has 1 saturated heterocycles. The number of nitrogens with zero attached hydrogens (tertiary/aromatic N) is 4. The molecule has 3 aromatic heterocycles. The maximum absolute atomic E-state index is 14.2. The zero-order valence-electron chi connectivity index (χ0n) is 19.8. The monoisotopic (exact) mass is 487 g/mol. The second-order valence-corrected chi connectivity index (χ2v) is 9.52. The van der Waals surface area contributed by atoms with Crippen LogP contribution in [0.1, 0.15) is 37.2 Å². The molecule has 9 heteroatoms. The van der Waals surface area contributed by atoms with E-state index >= 15 is 0 Å². The van der Waals surface area contributed by atoms with Crippen molar-refractivity contribution < 1.29 is 8.78 Å². The zero-order valence-corrected chi connectivity index (χ0v) is 19.8. The molecule has 184 valence electrons. The largest absolute Gasteiger partial charge is 0.369 e. The van der Waals surface area contributed by atoms with Crippen LogP contribution in [0.5, 0.6) is 0 Å². The summed E-state index contributed by atoms with van der Waals surface area (Å²) in [5.41, 5.74) is 2.42. The van der Waals surface area contributed by atoms with Crippen molar-refractivity contribution in [2.24, 2.45) is 5.92 Å². The lowest BCUT2D eigenvalue weighted by atomic mass is 9.98. The molecule has 0 bridgehead atoms. The summed E-state index contributed by atoms with van der Waals surface area (Å²) in [7, 11) is 0. The molecule has 2 fully saturated rings. The molecule has 0 unspecified atom stereocenters. The summed E-state index contributed by atoms with van der Waals surface area (Å²) in [4.78, 5) is 18.5. The first-order valence-electron chi connectivity index (χ1n) is 12.4. The Balaban J connectivity index is 1.37. The van der Waals surface area contributed by atoms with Crippen molar-refractivity contribution in [2.75, 3.05) is 30.3 Å². The molecular weight excluding hydrogens is 460 g/mol. The summed E-state index contributed by atoms with van der Waals surface area (Å²) in [6, 6.07) is 7.21. The summed E-state index contributed by atoms with van der Waals surface area (Å²) in [5, 5.41) is 10.8. The van der Waals surface area contributed by atoms with Crippen molar-refractivity contribution >= 4 is 28.2 Å². The zero-order chi connectivity index (χ0) is 24.5. The highest BCUT2D eigenvalue weighted by Crippen LogP contribution is 2.44. The molecule has 0 amide bonds. The van der Waals surface area contributed by atoms with Crippen LogP contribution in [0.3, 0.4) is 0 Å². The third-order valence-corrected chi connectivity index (χ3v) is 6.90. The highest BCUT2D eigenvalue weighted by Gasteiger charge is 2.28. The Bertz CT molecular complexity index is 1380. The van der Waals surface area contributed by atoms with Crippen LogP contribution in [0, 0.1) is 17.6 Å². The summed E-state index contributed by atoms with van der Waals surface area (Å²) in [6.45, 7) is 2.92. The molecule has 2 aliphatic rings. The fourth-order valence-corrected chi connectivity index (χ4v) is 4.78. The molecule has 36 heavy (non-hydrogen) atoms. The Morgan fingerprint density at radius 2 is 1.78 bits per heavy atom. The average Bonchev–Trinajstić information content (AvgIpc) is 3.75. The number of anilines is 3. The molecule has 1 aromatic carbocycles. The van der Waals surface area contributed by atoms with E-state index in [1.54, 1.807) is 24.5 Å². The molecule has 1 aliphatic carbocycles. The number of rotatable bonds is 7. The van der Waals surface area contributed by atoms with Crippen molar-refractivity contribution in [1.82, 2.24) is 25.3 Å². The number of fused-ring (bicyclic) bond motifs is 1. The Hall–Kier alpha value is -3.72. The van der Waals surface area contributed by atoms with Crippen molar-refractivity contribution in [3.8, 4) is 11.4 Å². The highest BCUT2D eigenvalue weighted by atomic mass is 19.1. The Morgan fingerprint density at radius 1 is 0.972 bits per heavy atom. The van der Waals surface area contributed by atoms with Crippen LogP contribution in [0.4, 0.5) is 26.1 Å². The Kier molecular flexibility index (Phi) is 6.14. The van der Waals surface area contributed by atoms with Crippen LogP contribution < -0.4 is 16.0 Å². The molecule has 3 N–H and O–H groups in total. The normalized spacial score (nSPS) is 16.3. The van der Waals surface area contributed by atoms with Gasteiger partial charge in [-0.3, -0.25) is 4.98 Å². The van der Waals surface area contributed by atoms with Gasteiger partial charge in [0.25, 0.3) is 0 Å². The van der Waals surface area contributed by atoms with Gasteiger partial charge in [0, 0.05) is 29.9 Å². The van der Waals surface area contributed by atoms with Gasteiger partial charge in [0.2, 0.25) is 0 Å². The van der Waals surface area contributed by atoms with Crippen LogP contribution in [0.25, 0.3) is 22.3 Å². The van der Waals surface area contributed by atoms with E-state index in [4.69, 9.17) is 9.97 Å². The predicted molar refractivity (Wildman–Crippen MR) is 136 cm³/mol. The maximum Gasteiger partial charge on any atom is 0.162 e. The third-order valence-electron chi connectivity index (χ3n) is 6.90. The number of hydrogen-bond donors (Lipinski definition) is 3. The van der Waals surface area contributed by atoms with Crippen molar-refractivity contribution in [2.45, 2.75) is 31.6 Å². The predicted octanol–water partition coefficient (Wildman–Crippen LogP) is 5.40. The molecule has 1 saturated carbocycles. The van der Waals surface area contributed by atoms with Crippen molar-refractivity contribution in [1.29, 1.82) is 0 Å². The van der Waals surface area contributed by atoms with E-state index < -0.39 is 11.6 Å². The lowest BCUT2D eigenvalue weighted by molar-refractivity contribution is 0.389. The van der Waals surface area contributed by atoms with Gasteiger partial charge in [-0.05, 0) is 80.4 Å². The van der Waals surface area contributed by atoms with Gasteiger partial charge in [0.05, 0.1) is 11.7 Å². The number of piperidine rings is 1. The van der Waals surface area contributed by atoms with Gasteiger partial charge in [0.1, 0.15) is 29.0 Å². The number of halogens is 2. The lowest BCUT2D eigenvalue weighted by Gasteiger charge is -2.23. The molecule has 1 aliphatic heterocycles. The van der Waals surface area contributed by atoms with Gasteiger partial charge in [-0.15, -0.1) is 0 Å². The van der Waals surface area contributed by atoms with Crippen molar-refractivity contribution in [3.05, 3.63) is 66.1 Å². The van der Waals surface area contributed by atoms with E-state index in [0.717, 1.165) is 62.0 Å². The van der Waals surface area contributed by atoms with E-state index in [9.17, 15) is 8.78 Å². The fourth-order valence-electron chi connectivity index (χ4n) is 4.78. The van der Waals surface area contributed by atoms with Gasteiger partial charge < -0.3 is 16.0 Å². The minimum Gasteiger partial charge on any atom is -0.369 e. The van der Waals surface area contributed by atoms with Gasteiger partial charge >= 0.3 is 0 Å². The molecule has 4 heterocycles. The molecule has 7 nitrogen and oxygen atoms in total. The summed E-state index contributed by atoms with van der Waals surface area (Å²) >= 11 is 0. The maximum atomic E-state index is 14.2. The number of benzene rings is 1. The smallest absolute Gasteiger partial charge is 0.162 e. The SMILES string of the molecule is Fc1cccc(F)c1Nc1cc(-c2nc(NCC3CCNCC3)c3c(C4CC4)cncc3n2)ccn1. The summed E-state index contributed by atoms with van der Waals surface area (Å²) in [6.07, 6.45) is 9.86. The number of nitrogens with one attached hydrogen (secondary N) is 3. The standard InChI is InChI=1S/C27H27F2N7/c28-20-2-1-3-21(29)25(20)35-23-12-18(8-11-32-23)26-34-22-15-31-14-19(17-4-5-17)24(22)27(36-26)33-13-16-6-9-30-10-7-16/h1-3,8,11-12,14-17,30H,4-7,9-10,13H2,(H,32,35)(H,33,34,36). The number of pyridine rings is 2. The minimum atomic E-state index is -0.688. The van der Waals surface area contributed by atoms with E-state index in [2.05, 4.69) is 25.9 Å². The molecule has 0 atom stereocenters. The number of hydrogen-bond acceptors (Lipinski definition) is 7. The van der Waals surface area contributed by atoms with Crippen LogP contribution in [0.15, 0.2) is 48.9 Å². The minimum absolute atomic E-state index is 0.246. The molecular formula is C27H27F2N7. The van der Waals surface area contributed by atoms with Crippen LogP contribution in [-0.2, 0) is 0 Å². The molecule has 0 radical (unpaired) electrons. The second-order valence-electron chi connectivity index (χ2n) is 9.52. The lowest BCUT2D eigenvalue weighted by Crippen LogP contribution is -2.31. The number of para-hydroxylation sites is 1. The van der Waals surface area contributed by atoms with Crippen LogP contribution in [-0.4, -0.2) is 39.6 Å². The average molecular weight is 488 g/mol. The first-order valence-corrected chi connectivity index (χ1v) is 12.4. The summed E-state index contributed by atoms with van der Waals surface area (Å²) in [5.74, 6) is 1.32. The van der Waals surface area contributed by atoms with E-state index in [-0.39, 0.29) is 5.69 Å². The van der Waals surface area contributed by atoms with Crippen molar-refractivity contribution in [3.63, 3.8) is 0 Å². The highest BCUT2D eigenvalue weighted by molar-refractivity contribution is 5.93. The van der Waals surface area contributed by atoms with E-state index in [0.29, 0.717) is 29.0 Å². The first kappa shape index (κ1) is 22.7. The quantitative estimate of drug-likeness (QED) is 0.322. The molecule has 4 aromatic rings. The van der Waals surface area contributed by atoms with Gasteiger partial charge in [0.15, 0.2) is 5.82 Å². The Morgan fingerprint density at radius 3 is 2.56 bits per heavy atom. The van der Waals surface area contributed by atoms with Crippen LogP contribution in [0.2, 0.25) is 0 Å². The van der Waals surface area contributed by atoms with Gasteiger partial charge in [-0.25, -0.2) is 23.7 Å². The van der Waals surface area contributed by atoms with Gasteiger partial charge in [-0.2, -0.15) is 0 Å². The Labute approximate surface area is 207 Å². The molecule has 0 spiro atoms. The van der Waals surface area contributed by atoms with E-state index in [1.807, 2.05) is 6.20 Å². The topological polar surface area (TPSA) is 87.7 Å². The number of aromatic nitrogens is 4. The first-order chi connectivity index (χ1) is 17.7. The summed E-state index contributed by atoms with van der Waals surface area (Å²) < 4.78 is 28.3. The fraction of sp³-hybridized carbons (Fsp3) is 0.333. The third kappa shape index (κ3) is 4.70.